The summed E-state index contributed by atoms with van der Waals surface area (Å²) in [6, 6.07) is 10.1. The Morgan fingerprint density at radius 3 is 2.54 bits per heavy atom. The predicted octanol–water partition coefficient (Wildman–Crippen LogP) is 4.15. The van der Waals surface area contributed by atoms with Crippen LogP contribution in [0.4, 0.5) is 5.69 Å². The number of nitrogens with one attached hydrogen (secondary N) is 1. The number of amides is 2. The van der Waals surface area contributed by atoms with Crippen LogP contribution in [0.1, 0.15) is 12.5 Å². The van der Waals surface area contributed by atoms with Gasteiger partial charge in [-0.05, 0) is 83.1 Å². The van der Waals surface area contributed by atoms with E-state index in [2.05, 4.69) is 37.2 Å². The zero-order valence-corrected chi connectivity index (χ0v) is 18.5. The molecule has 0 saturated carbocycles. The summed E-state index contributed by atoms with van der Waals surface area (Å²) in [5.41, 5.74) is 0.956. The fourth-order valence-corrected chi connectivity index (χ4v) is 3.60. The van der Waals surface area contributed by atoms with Crippen molar-refractivity contribution in [1.29, 1.82) is 0 Å². The van der Waals surface area contributed by atoms with Crippen LogP contribution in [0.15, 0.2) is 50.9 Å². The van der Waals surface area contributed by atoms with Crippen molar-refractivity contribution in [2.75, 3.05) is 11.5 Å². The molecule has 0 aromatic heterocycles. The van der Waals surface area contributed by atoms with E-state index in [1.54, 1.807) is 43.3 Å². The van der Waals surface area contributed by atoms with Crippen LogP contribution in [0.2, 0.25) is 0 Å². The second-order valence-corrected chi connectivity index (χ2v) is 7.87. The van der Waals surface area contributed by atoms with Crippen LogP contribution in [0.5, 0.6) is 11.5 Å². The van der Waals surface area contributed by atoms with Gasteiger partial charge in [0.05, 0.1) is 16.8 Å². The summed E-state index contributed by atoms with van der Waals surface area (Å²) in [5.74, 6) is -0.947. The maximum atomic E-state index is 13.0. The molecule has 2 amide bonds. The Morgan fingerprint density at radius 2 is 1.89 bits per heavy atom. The fourth-order valence-electron chi connectivity index (χ4n) is 2.59. The lowest BCUT2D eigenvalue weighted by molar-refractivity contribution is -0.122. The second-order valence-electron chi connectivity index (χ2n) is 5.72. The lowest BCUT2D eigenvalue weighted by atomic mass is 10.1. The quantitative estimate of drug-likeness (QED) is 0.356. The zero-order valence-electron chi connectivity index (χ0n) is 14.5. The van der Waals surface area contributed by atoms with Gasteiger partial charge in [0.15, 0.2) is 16.6 Å². The normalized spacial score (nSPS) is 15.8. The van der Waals surface area contributed by atoms with E-state index >= 15 is 0 Å². The molecule has 1 saturated heterocycles. The van der Waals surface area contributed by atoms with Crippen molar-refractivity contribution in [3.05, 3.63) is 56.5 Å². The van der Waals surface area contributed by atoms with Crippen molar-refractivity contribution in [3.8, 4) is 11.5 Å². The summed E-state index contributed by atoms with van der Waals surface area (Å²) in [6.45, 7) is 2.14. The first-order chi connectivity index (χ1) is 13.3. The SMILES string of the molecule is CCOc1cc(/C=C2/C(=O)NC(=S)N(c3ccc(Br)cc3)C2=O)cc(Br)c1O. The van der Waals surface area contributed by atoms with Gasteiger partial charge in [0.1, 0.15) is 5.57 Å². The highest BCUT2D eigenvalue weighted by atomic mass is 79.9. The summed E-state index contributed by atoms with van der Waals surface area (Å²) in [4.78, 5) is 26.7. The highest BCUT2D eigenvalue weighted by molar-refractivity contribution is 9.10. The van der Waals surface area contributed by atoms with Crippen LogP contribution in [-0.2, 0) is 9.59 Å². The maximum absolute atomic E-state index is 13.0. The molecule has 6 nitrogen and oxygen atoms in total. The summed E-state index contributed by atoms with van der Waals surface area (Å²) in [7, 11) is 0. The van der Waals surface area contributed by atoms with Crippen molar-refractivity contribution in [2.45, 2.75) is 6.92 Å². The number of carbonyl (C=O) groups is 2. The summed E-state index contributed by atoms with van der Waals surface area (Å²) in [5, 5.41) is 12.6. The molecule has 2 aromatic rings. The van der Waals surface area contributed by atoms with Gasteiger partial charge < -0.3 is 9.84 Å². The van der Waals surface area contributed by atoms with Crippen molar-refractivity contribution in [2.24, 2.45) is 0 Å². The Kier molecular flexibility index (Phi) is 6.17. The Hall–Kier alpha value is -2.23. The van der Waals surface area contributed by atoms with Gasteiger partial charge in [-0.1, -0.05) is 15.9 Å². The summed E-state index contributed by atoms with van der Waals surface area (Å²) >= 11 is 11.8. The lowest BCUT2D eigenvalue weighted by Gasteiger charge is -2.29. The molecular weight excluding hydrogens is 512 g/mol. The number of benzene rings is 2. The number of anilines is 1. The Bertz CT molecular complexity index is 1010. The molecular formula is C19H14Br2N2O4S. The summed E-state index contributed by atoms with van der Waals surface area (Å²) < 4.78 is 6.62. The van der Waals surface area contributed by atoms with Crippen molar-refractivity contribution in [1.82, 2.24) is 5.32 Å². The van der Waals surface area contributed by atoms with Crippen molar-refractivity contribution < 1.29 is 19.4 Å². The minimum absolute atomic E-state index is 0.0105. The molecule has 1 fully saturated rings. The number of thiocarbonyl (C=S) groups is 1. The Morgan fingerprint density at radius 1 is 1.21 bits per heavy atom. The molecule has 0 unspecified atom stereocenters. The average Bonchev–Trinajstić information content (AvgIpc) is 2.64. The van der Waals surface area contributed by atoms with Crippen LogP contribution in [0.3, 0.4) is 0 Å². The molecule has 0 atom stereocenters. The van der Waals surface area contributed by atoms with E-state index in [1.165, 1.54) is 11.0 Å². The maximum Gasteiger partial charge on any atom is 0.270 e. The predicted molar refractivity (Wildman–Crippen MR) is 117 cm³/mol. The standard InChI is InChI=1S/C19H14Br2N2O4S/c1-2-27-15-9-10(8-14(21)16(15)24)7-13-17(25)22-19(28)23(18(13)26)12-5-3-11(20)4-6-12/h3-9,24H,2H2,1H3,(H,22,25,28)/b13-7-. The number of ether oxygens (including phenoxy) is 1. The molecule has 1 aliphatic heterocycles. The van der Waals surface area contributed by atoms with Gasteiger partial charge in [0.2, 0.25) is 0 Å². The Balaban J connectivity index is 2.03. The molecule has 3 rings (SSSR count). The van der Waals surface area contributed by atoms with E-state index < -0.39 is 11.8 Å². The number of hydrogen-bond acceptors (Lipinski definition) is 5. The number of phenols is 1. The number of nitrogens with zero attached hydrogens (tertiary/aromatic N) is 1. The average molecular weight is 526 g/mol. The monoisotopic (exact) mass is 524 g/mol. The van der Waals surface area contributed by atoms with E-state index in [9.17, 15) is 14.7 Å². The van der Waals surface area contributed by atoms with Crippen molar-refractivity contribution in [3.63, 3.8) is 0 Å². The largest absolute Gasteiger partial charge is 0.503 e. The first kappa shape index (κ1) is 20.5. The number of rotatable bonds is 4. The van der Waals surface area contributed by atoms with Gasteiger partial charge in [-0.25, -0.2) is 0 Å². The second kappa shape index (κ2) is 8.42. The third-order valence-corrected chi connectivity index (χ3v) is 5.27. The van der Waals surface area contributed by atoms with Gasteiger partial charge in [-0.15, -0.1) is 0 Å². The molecule has 1 heterocycles. The minimum Gasteiger partial charge on any atom is -0.503 e. The third-order valence-electron chi connectivity index (χ3n) is 3.85. The molecule has 0 radical (unpaired) electrons. The molecule has 144 valence electrons. The molecule has 28 heavy (non-hydrogen) atoms. The van der Waals surface area contributed by atoms with E-state index in [0.717, 1.165) is 4.47 Å². The first-order valence-electron chi connectivity index (χ1n) is 8.14. The number of carbonyl (C=O) groups excluding carboxylic acids is 2. The van der Waals surface area contributed by atoms with Crippen LogP contribution in [0, 0.1) is 0 Å². The van der Waals surface area contributed by atoms with E-state index in [1.807, 2.05) is 0 Å². The van der Waals surface area contributed by atoms with E-state index in [0.29, 0.717) is 22.3 Å². The molecule has 2 N–H and O–H groups in total. The number of aromatic hydroxyl groups is 1. The zero-order chi connectivity index (χ0) is 20.4. The van der Waals surface area contributed by atoms with Gasteiger partial charge in [0.25, 0.3) is 11.8 Å². The van der Waals surface area contributed by atoms with Gasteiger partial charge in [-0.3, -0.25) is 19.8 Å². The number of phenolic OH excluding ortho intramolecular Hbond substituents is 1. The Labute approximate surface area is 183 Å². The molecule has 1 aliphatic rings. The van der Waals surface area contributed by atoms with Gasteiger partial charge in [0, 0.05) is 4.47 Å². The van der Waals surface area contributed by atoms with Crippen LogP contribution in [0.25, 0.3) is 6.08 Å². The smallest absolute Gasteiger partial charge is 0.270 e. The fraction of sp³-hybridized carbons (Fsp3) is 0.105. The first-order valence-corrected chi connectivity index (χ1v) is 10.1. The van der Waals surface area contributed by atoms with Gasteiger partial charge in [-0.2, -0.15) is 0 Å². The van der Waals surface area contributed by atoms with Crippen LogP contribution >= 0.6 is 44.1 Å². The molecule has 2 aromatic carbocycles. The molecule has 0 spiro atoms. The summed E-state index contributed by atoms with van der Waals surface area (Å²) in [6.07, 6.45) is 1.43. The van der Waals surface area contributed by atoms with Crippen LogP contribution in [-0.4, -0.2) is 28.6 Å². The minimum atomic E-state index is -0.592. The van der Waals surface area contributed by atoms with Crippen LogP contribution < -0.4 is 15.0 Å². The molecule has 0 aliphatic carbocycles. The van der Waals surface area contributed by atoms with Crippen molar-refractivity contribution >= 4 is 72.8 Å². The topological polar surface area (TPSA) is 78.9 Å². The molecule has 9 heteroatoms. The third kappa shape index (κ3) is 4.11. The van der Waals surface area contributed by atoms with Gasteiger partial charge >= 0.3 is 0 Å². The highest BCUT2D eigenvalue weighted by Crippen LogP contribution is 2.36. The lowest BCUT2D eigenvalue weighted by Crippen LogP contribution is -2.54. The number of halogens is 2. The number of hydrogen-bond donors (Lipinski definition) is 2. The highest BCUT2D eigenvalue weighted by Gasteiger charge is 2.34. The molecule has 0 bridgehead atoms. The van der Waals surface area contributed by atoms with E-state index in [4.69, 9.17) is 17.0 Å². The van der Waals surface area contributed by atoms with E-state index in [-0.39, 0.29) is 22.2 Å².